The molecule has 0 heterocycles. The standard InChI is InChI=1S/C15H14ClNO4S/c16-14-4-2-1-3-13(14)11-5-7-12(8-6-11)22(20,21)10-9-15(18)17-19/h1-8,19H,9-10H2,(H,17,18). The molecule has 2 N–H and O–H groups in total. The first-order valence-electron chi connectivity index (χ1n) is 6.45. The topological polar surface area (TPSA) is 83.5 Å². The van der Waals surface area contributed by atoms with Gasteiger partial charge in [-0.1, -0.05) is 41.9 Å². The van der Waals surface area contributed by atoms with Crippen LogP contribution in [-0.2, 0) is 14.6 Å². The lowest BCUT2D eigenvalue weighted by Crippen LogP contribution is -2.22. The number of rotatable bonds is 5. The van der Waals surface area contributed by atoms with E-state index in [1.165, 1.54) is 17.6 Å². The number of nitrogens with one attached hydrogen (secondary N) is 1. The highest BCUT2D eigenvalue weighted by atomic mass is 35.5. The Hall–Kier alpha value is -1.89. The Morgan fingerprint density at radius 3 is 2.32 bits per heavy atom. The molecule has 0 atom stereocenters. The van der Waals surface area contributed by atoms with Crippen LogP contribution in [-0.4, -0.2) is 25.3 Å². The summed E-state index contributed by atoms with van der Waals surface area (Å²) in [5.74, 6) is -1.11. The van der Waals surface area contributed by atoms with Gasteiger partial charge < -0.3 is 0 Å². The lowest BCUT2D eigenvalue weighted by molar-refractivity contribution is -0.128. The third-order valence-electron chi connectivity index (χ3n) is 3.12. The molecule has 116 valence electrons. The van der Waals surface area contributed by atoms with Crippen molar-refractivity contribution in [2.24, 2.45) is 0 Å². The number of amides is 1. The molecule has 5 nitrogen and oxygen atoms in total. The zero-order valence-corrected chi connectivity index (χ0v) is 13.1. The molecule has 1 amide bonds. The number of carbonyl (C=O) groups excluding carboxylic acids is 1. The van der Waals surface area contributed by atoms with Gasteiger partial charge in [0.05, 0.1) is 10.6 Å². The smallest absolute Gasteiger partial charge is 0.244 e. The normalized spacial score (nSPS) is 11.2. The van der Waals surface area contributed by atoms with E-state index in [-0.39, 0.29) is 17.1 Å². The Kier molecular flexibility index (Phi) is 5.18. The fourth-order valence-corrected chi connectivity index (χ4v) is 3.42. The van der Waals surface area contributed by atoms with Gasteiger partial charge in [-0.15, -0.1) is 0 Å². The van der Waals surface area contributed by atoms with Crippen molar-refractivity contribution in [2.75, 3.05) is 5.75 Å². The molecule has 0 aliphatic rings. The number of sulfone groups is 1. The van der Waals surface area contributed by atoms with Gasteiger partial charge in [-0.3, -0.25) is 10.0 Å². The first-order chi connectivity index (χ1) is 10.4. The molecule has 2 rings (SSSR count). The van der Waals surface area contributed by atoms with Crippen LogP contribution in [0.1, 0.15) is 6.42 Å². The minimum atomic E-state index is -3.58. The molecule has 0 aromatic heterocycles. The van der Waals surface area contributed by atoms with Gasteiger partial charge in [0.1, 0.15) is 0 Å². The Morgan fingerprint density at radius 2 is 1.73 bits per heavy atom. The van der Waals surface area contributed by atoms with Gasteiger partial charge >= 0.3 is 0 Å². The van der Waals surface area contributed by atoms with Gasteiger partial charge in [0.15, 0.2) is 9.84 Å². The Labute approximate surface area is 133 Å². The molecule has 0 aliphatic carbocycles. The summed E-state index contributed by atoms with van der Waals surface area (Å²) in [5, 5.41) is 8.96. The van der Waals surface area contributed by atoms with E-state index in [1.54, 1.807) is 18.2 Å². The number of halogens is 1. The van der Waals surface area contributed by atoms with Crippen molar-refractivity contribution in [1.29, 1.82) is 0 Å². The average Bonchev–Trinajstić information content (AvgIpc) is 2.53. The first-order valence-corrected chi connectivity index (χ1v) is 8.48. The van der Waals surface area contributed by atoms with Gasteiger partial charge in [-0.05, 0) is 23.8 Å². The van der Waals surface area contributed by atoms with Crippen molar-refractivity contribution in [2.45, 2.75) is 11.3 Å². The molecule has 22 heavy (non-hydrogen) atoms. The molecule has 0 spiro atoms. The minimum Gasteiger partial charge on any atom is -0.289 e. The quantitative estimate of drug-likeness (QED) is 0.648. The number of hydroxylamine groups is 1. The van der Waals surface area contributed by atoms with Crippen molar-refractivity contribution in [3.8, 4) is 11.1 Å². The highest BCUT2D eigenvalue weighted by Crippen LogP contribution is 2.28. The molecule has 0 unspecified atom stereocenters. The Balaban J connectivity index is 2.22. The number of hydrogen-bond donors (Lipinski definition) is 2. The number of carbonyl (C=O) groups is 1. The fraction of sp³-hybridized carbons (Fsp3) is 0.133. The van der Waals surface area contributed by atoms with Crippen molar-refractivity contribution in [1.82, 2.24) is 5.48 Å². The van der Waals surface area contributed by atoms with Gasteiger partial charge in [0.25, 0.3) is 0 Å². The van der Waals surface area contributed by atoms with Gasteiger partial charge in [-0.2, -0.15) is 0 Å². The fourth-order valence-electron chi connectivity index (χ4n) is 1.94. The van der Waals surface area contributed by atoms with E-state index in [1.807, 2.05) is 18.2 Å². The monoisotopic (exact) mass is 339 g/mol. The molecular weight excluding hydrogens is 326 g/mol. The van der Waals surface area contributed by atoms with Gasteiger partial charge in [0, 0.05) is 17.0 Å². The van der Waals surface area contributed by atoms with Gasteiger partial charge in [-0.25, -0.2) is 13.9 Å². The van der Waals surface area contributed by atoms with E-state index in [0.717, 1.165) is 11.1 Å². The summed E-state index contributed by atoms with van der Waals surface area (Å²) in [5.41, 5.74) is 3.02. The second-order valence-corrected chi connectivity index (χ2v) is 7.12. The van der Waals surface area contributed by atoms with Crippen LogP contribution in [0.15, 0.2) is 53.4 Å². The second kappa shape index (κ2) is 6.91. The Morgan fingerprint density at radius 1 is 1.09 bits per heavy atom. The first kappa shape index (κ1) is 16.5. The molecule has 0 radical (unpaired) electrons. The second-order valence-electron chi connectivity index (χ2n) is 4.61. The van der Waals surface area contributed by atoms with Crippen LogP contribution in [0.25, 0.3) is 11.1 Å². The zero-order chi connectivity index (χ0) is 16.2. The summed E-state index contributed by atoms with van der Waals surface area (Å²) in [6, 6.07) is 13.6. The van der Waals surface area contributed by atoms with E-state index in [4.69, 9.17) is 16.8 Å². The summed E-state index contributed by atoms with van der Waals surface area (Å²) in [7, 11) is -3.58. The maximum absolute atomic E-state index is 12.1. The van der Waals surface area contributed by atoms with Gasteiger partial charge in [0.2, 0.25) is 5.91 Å². The van der Waals surface area contributed by atoms with Crippen LogP contribution in [0.3, 0.4) is 0 Å². The van der Waals surface area contributed by atoms with Crippen LogP contribution in [0.2, 0.25) is 5.02 Å². The highest BCUT2D eigenvalue weighted by molar-refractivity contribution is 7.91. The lowest BCUT2D eigenvalue weighted by Gasteiger charge is -2.07. The summed E-state index contributed by atoms with van der Waals surface area (Å²) in [4.78, 5) is 11.0. The number of hydrogen-bond acceptors (Lipinski definition) is 4. The predicted molar refractivity (Wildman–Crippen MR) is 83.5 cm³/mol. The molecule has 0 aliphatic heterocycles. The van der Waals surface area contributed by atoms with E-state index in [2.05, 4.69) is 0 Å². The molecule has 7 heteroatoms. The van der Waals surface area contributed by atoms with Crippen LogP contribution in [0.5, 0.6) is 0 Å². The maximum Gasteiger partial charge on any atom is 0.244 e. The van der Waals surface area contributed by atoms with E-state index in [0.29, 0.717) is 5.02 Å². The molecule has 0 saturated heterocycles. The highest BCUT2D eigenvalue weighted by Gasteiger charge is 2.16. The summed E-state index contributed by atoms with van der Waals surface area (Å²) < 4.78 is 24.2. The number of benzene rings is 2. The summed E-state index contributed by atoms with van der Waals surface area (Å²) in [6.07, 6.45) is -0.300. The molecule has 2 aromatic rings. The minimum absolute atomic E-state index is 0.119. The lowest BCUT2D eigenvalue weighted by atomic mass is 10.1. The third-order valence-corrected chi connectivity index (χ3v) is 5.18. The molecule has 2 aromatic carbocycles. The molecule has 0 fully saturated rings. The predicted octanol–water partition coefficient (Wildman–Crippen LogP) is 2.68. The third kappa shape index (κ3) is 3.85. The van der Waals surface area contributed by atoms with E-state index >= 15 is 0 Å². The average molecular weight is 340 g/mol. The molecule has 0 saturated carbocycles. The molecular formula is C15H14ClNO4S. The Bertz CT molecular complexity index is 772. The summed E-state index contributed by atoms with van der Waals surface area (Å²) >= 11 is 6.10. The van der Waals surface area contributed by atoms with Crippen LogP contribution >= 0.6 is 11.6 Å². The van der Waals surface area contributed by atoms with Crippen LogP contribution in [0.4, 0.5) is 0 Å². The summed E-state index contributed by atoms with van der Waals surface area (Å²) in [6.45, 7) is 0. The SMILES string of the molecule is O=C(CCS(=O)(=O)c1ccc(-c2ccccc2Cl)cc1)NO. The van der Waals surface area contributed by atoms with Crippen molar-refractivity contribution in [3.05, 3.63) is 53.6 Å². The zero-order valence-electron chi connectivity index (χ0n) is 11.5. The van der Waals surface area contributed by atoms with E-state index < -0.39 is 15.7 Å². The van der Waals surface area contributed by atoms with Crippen molar-refractivity contribution < 1.29 is 18.4 Å². The van der Waals surface area contributed by atoms with Crippen LogP contribution in [0, 0.1) is 0 Å². The maximum atomic E-state index is 12.1. The van der Waals surface area contributed by atoms with Crippen LogP contribution < -0.4 is 5.48 Å². The largest absolute Gasteiger partial charge is 0.289 e. The van der Waals surface area contributed by atoms with Crippen molar-refractivity contribution in [3.63, 3.8) is 0 Å². The van der Waals surface area contributed by atoms with Crippen molar-refractivity contribution >= 4 is 27.3 Å². The molecule has 0 bridgehead atoms. The van der Waals surface area contributed by atoms with E-state index in [9.17, 15) is 13.2 Å².